The monoisotopic (exact) mass is 223 g/mol. The molecule has 0 aromatic rings. The van der Waals surface area contributed by atoms with Crippen molar-refractivity contribution < 1.29 is 4.79 Å². The highest BCUT2D eigenvalue weighted by Gasteiger charge is 2.22. The van der Waals surface area contributed by atoms with Crippen molar-refractivity contribution >= 4 is 5.91 Å². The van der Waals surface area contributed by atoms with Gasteiger partial charge in [0.15, 0.2) is 0 Å². The SMILES string of the molecule is CCC(C#N)C(=O)NCC1CCN(CC)C1. The molecule has 16 heavy (non-hydrogen) atoms. The Hall–Kier alpha value is -1.08. The first-order valence-electron chi connectivity index (χ1n) is 6.10. The van der Waals surface area contributed by atoms with E-state index in [0.29, 0.717) is 18.9 Å². The summed E-state index contributed by atoms with van der Waals surface area (Å²) in [6.45, 7) is 8.02. The van der Waals surface area contributed by atoms with Crippen LogP contribution in [0.1, 0.15) is 26.7 Å². The average molecular weight is 223 g/mol. The molecule has 0 spiro atoms. The van der Waals surface area contributed by atoms with Crippen molar-refractivity contribution in [3.63, 3.8) is 0 Å². The van der Waals surface area contributed by atoms with Gasteiger partial charge in [0.1, 0.15) is 5.92 Å². The van der Waals surface area contributed by atoms with Gasteiger partial charge in [0, 0.05) is 13.1 Å². The molecule has 4 nitrogen and oxygen atoms in total. The van der Waals surface area contributed by atoms with E-state index in [0.717, 1.165) is 26.1 Å². The first-order chi connectivity index (χ1) is 7.71. The minimum Gasteiger partial charge on any atom is -0.355 e. The molecule has 2 unspecified atom stereocenters. The summed E-state index contributed by atoms with van der Waals surface area (Å²) in [4.78, 5) is 14.0. The average Bonchev–Trinajstić information content (AvgIpc) is 2.76. The number of amides is 1. The summed E-state index contributed by atoms with van der Waals surface area (Å²) in [6.07, 6.45) is 1.74. The smallest absolute Gasteiger partial charge is 0.237 e. The minimum absolute atomic E-state index is 0.111. The summed E-state index contributed by atoms with van der Waals surface area (Å²) >= 11 is 0. The number of carbonyl (C=O) groups is 1. The summed E-state index contributed by atoms with van der Waals surface area (Å²) in [7, 11) is 0. The Bertz CT molecular complexity index is 272. The number of hydrogen-bond donors (Lipinski definition) is 1. The maximum Gasteiger partial charge on any atom is 0.237 e. The van der Waals surface area contributed by atoms with Crippen LogP contribution >= 0.6 is 0 Å². The summed E-state index contributed by atoms with van der Waals surface area (Å²) in [5.74, 6) is -0.0382. The van der Waals surface area contributed by atoms with Crippen LogP contribution < -0.4 is 5.32 Å². The van der Waals surface area contributed by atoms with E-state index in [4.69, 9.17) is 5.26 Å². The predicted octanol–water partition coefficient (Wildman–Crippen LogP) is 0.994. The molecule has 0 radical (unpaired) electrons. The molecule has 1 rings (SSSR count). The summed E-state index contributed by atoms with van der Waals surface area (Å²) in [5.41, 5.74) is 0. The fourth-order valence-electron chi connectivity index (χ4n) is 2.07. The Morgan fingerprint density at radius 2 is 2.38 bits per heavy atom. The number of hydrogen-bond acceptors (Lipinski definition) is 3. The number of likely N-dealkylation sites (tertiary alicyclic amines) is 1. The molecule has 90 valence electrons. The number of nitrogens with one attached hydrogen (secondary N) is 1. The Morgan fingerprint density at radius 3 is 2.88 bits per heavy atom. The van der Waals surface area contributed by atoms with Gasteiger partial charge in [0.25, 0.3) is 0 Å². The van der Waals surface area contributed by atoms with E-state index in [1.165, 1.54) is 0 Å². The van der Waals surface area contributed by atoms with Gasteiger partial charge in [0.05, 0.1) is 6.07 Å². The Morgan fingerprint density at radius 1 is 1.62 bits per heavy atom. The van der Waals surface area contributed by atoms with E-state index in [1.807, 2.05) is 13.0 Å². The Labute approximate surface area is 97.6 Å². The third kappa shape index (κ3) is 3.49. The quantitative estimate of drug-likeness (QED) is 0.756. The van der Waals surface area contributed by atoms with Crippen molar-refractivity contribution in [2.75, 3.05) is 26.2 Å². The van der Waals surface area contributed by atoms with Crippen LogP contribution in [0.5, 0.6) is 0 Å². The topological polar surface area (TPSA) is 56.1 Å². The molecule has 1 saturated heterocycles. The summed E-state index contributed by atoms with van der Waals surface area (Å²) in [6, 6.07) is 2.02. The third-order valence-corrected chi connectivity index (χ3v) is 3.26. The van der Waals surface area contributed by atoms with E-state index in [1.54, 1.807) is 0 Å². The highest BCUT2D eigenvalue weighted by Crippen LogP contribution is 2.14. The highest BCUT2D eigenvalue weighted by atomic mass is 16.1. The van der Waals surface area contributed by atoms with Gasteiger partial charge < -0.3 is 10.2 Å². The van der Waals surface area contributed by atoms with E-state index >= 15 is 0 Å². The lowest BCUT2D eigenvalue weighted by molar-refractivity contribution is -0.123. The van der Waals surface area contributed by atoms with Crippen molar-refractivity contribution in [2.45, 2.75) is 26.7 Å². The van der Waals surface area contributed by atoms with E-state index in [2.05, 4.69) is 17.1 Å². The van der Waals surface area contributed by atoms with Crippen LogP contribution in [0, 0.1) is 23.2 Å². The predicted molar refractivity (Wildman–Crippen MR) is 62.6 cm³/mol. The fraction of sp³-hybridized carbons (Fsp3) is 0.833. The van der Waals surface area contributed by atoms with Gasteiger partial charge in [-0.05, 0) is 31.8 Å². The Kier molecular flexibility index (Phi) is 5.27. The molecule has 1 aliphatic heterocycles. The standard InChI is InChI=1S/C12H21N3O/c1-3-11(7-13)12(16)14-8-10-5-6-15(4-2)9-10/h10-11H,3-6,8-9H2,1-2H3,(H,14,16). The lowest BCUT2D eigenvalue weighted by atomic mass is 10.1. The molecule has 1 aliphatic rings. The van der Waals surface area contributed by atoms with E-state index in [9.17, 15) is 4.79 Å². The first-order valence-corrected chi connectivity index (χ1v) is 6.10. The first kappa shape index (κ1) is 13.0. The van der Waals surface area contributed by atoms with Gasteiger partial charge in [-0.3, -0.25) is 4.79 Å². The maximum atomic E-state index is 11.6. The van der Waals surface area contributed by atoms with Gasteiger partial charge in [-0.1, -0.05) is 13.8 Å². The van der Waals surface area contributed by atoms with Crippen LogP contribution in [0.2, 0.25) is 0 Å². The lowest BCUT2D eigenvalue weighted by Crippen LogP contribution is -2.34. The zero-order chi connectivity index (χ0) is 12.0. The molecular weight excluding hydrogens is 202 g/mol. The third-order valence-electron chi connectivity index (χ3n) is 3.26. The van der Waals surface area contributed by atoms with Gasteiger partial charge in [-0.15, -0.1) is 0 Å². The van der Waals surface area contributed by atoms with Crippen LogP contribution in [-0.2, 0) is 4.79 Å². The van der Waals surface area contributed by atoms with Crippen LogP contribution in [0.25, 0.3) is 0 Å². The van der Waals surface area contributed by atoms with Crippen molar-refractivity contribution in [1.29, 1.82) is 5.26 Å². The molecule has 4 heteroatoms. The van der Waals surface area contributed by atoms with Crippen molar-refractivity contribution in [3.8, 4) is 6.07 Å². The molecule has 0 aromatic carbocycles. The van der Waals surface area contributed by atoms with Crippen molar-refractivity contribution in [2.24, 2.45) is 11.8 Å². The molecule has 2 atom stereocenters. The molecule has 1 amide bonds. The van der Waals surface area contributed by atoms with Crippen LogP contribution in [0.4, 0.5) is 0 Å². The molecule has 1 fully saturated rings. The lowest BCUT2D eigenvalue weighted by Gasteiger charge is -2.14. The van der Waals surface area contributed by atoms with Gasteiger partial charge >= 0.3 is 0 Å². The summed E-state index contributed by atoms with van der Waals surface area (Å²) < 4.78 is 0. The van der Waals surface area contributed by atoms with Crippen LogP contribution in [0.15, 0.2) is 0 Å². The number of nitrogens with zero attached hydrogens (tertiary/aromatic N) is 2. The van der Waals surface area contributed by atoms with Crippen LogP contribution in [0.3, 0.4) is 0 Å². The second-order valence-electron chi connectivity index (χ2n) is 4.38. The van der Waals surface area contributed by atoms with E-state index < -0.39 is 5.92 Å². The largest absolute Gasteiger partial charge is 0.355 e. The number of carbonyl (C=O) groups excluding carboxylic acids is 1. The zero-order valence-electron chi connectivity index (χ0n) is 10.2. The minimum atomic E-state index is -0.483. The molecule has 1 N–H and O–H groups in total. The van der Waals surface area contributed by atoms with Crippen molar-refractivity contribution in [3.05, 3.63) is 0 Å². The second-order valence-corrected chi connectivity index (χ2v) is 4.38. The van der Waals surface area contributed by atoms with Gasteiger partial charge in [-0.2, -0.15) is 5.26 Å². The molecule has 0 saturated carbocycles. The summed E-state index contributed by atoms with van der Waals surface area (Å²) in [5, 5.41) is 11.6. The molecule has 0 aliphatic carbocycles. The van der Waals surface area contributed by atoms with Crippen LogP contribution in [-0.4, -0.2) is 37.0 Å². The maximum absolute atomic E-state index is 11.6. The highest BCUT2D eigenvalue weighted by molar-refractivity contribution is 5.80. The zero-order valence-corrected chi connectivity index (χ0v) is 10.2. The van der Waals surface area contributed by atoms with Crippen molar-refractivity contribution in [1.82, 2.24) is 10.2 Å². The molecule has 0 bridgehead atoms. The number of nitriles is 1. The molecule has 1 heterocycles. The number of rotatable bonds is 5. The normalized spacial score (nSPS) is 22.7. The Balaban J connectivity index is 2.25. The molecule has 0 aromatic heterocycles. The second kappa shape index (κ2) is 6.49. The fourth-order valence-corrected chi connectivity index (χ4v) is 2.07. The van der Waals surface area contributed by atoms with Gasteiger partial charge in [0.2, 0.25) is 5.91 Å². The molecular formula is C12H21N3O. The van der Waals surface area contributed by atoms with Gasteiger partial charge in [-0.25, -0.2) is 0 Å². The van der Waals surface area contributed by atoms with E-state index in [-0.39, 0.29) is 5.91 Å².